The number of carbonyl (C=O) groups excluding carboxylic acids is 1. The van der Waals surface area contributed by atoms with Crippen LogP contribution in [0.3, 0.4) is 0 Å². The largest absolute Gasteiger partial charge is 0.390 e. The third-order valence-electron chi connectivity index (χ3n) is 3.28. The van der Waals surface area contributed by atoms with Gasteiger partial charge in [0.2, 0.25) is 0 Å². The molecule has 1 unspecified atom stereocenters. The molecule has 1 fully saturated rings. The second-order valence-electron chi connectivity index (χ2n) is 4.93. The quantitative estimate of drug-likeness (QED) is 0.810. The Balaban J connectivity index is 1.76. The molecular weight excluding hydrogens is 282 g/mol. The summed E-state index contributed by atoms with van der Waals surface area (Å²) in [5.74, 6) is -0.236. The van der Waals surface area contributed by atoms with Gasteiger partial charge >= 0.3 is 0 Å². The minimum Gasteiger partial charge on any atom is -0.390 e. The zero-order chi connectivity index (χ0) is 14.5. The molecule has 2 rings (SSSR count). The molecule has 0 bridgehead atoms. The summed E-state index contributed by atoms with van der Waals surface area (Å²) < 4.78 is 6.90. The van der Waals surface area contributed by atoms with Gasteiger partial charge in [0.05, 0.1) is 24.3 Å². The van der Waals surface area contributed by atoms with Crippen molar-refractivity contribution in [3.8, 4) is 0 Å². The monoisotopic (exact) mass is 301 g/mol. The second-order valence-corrected chi connectivity index (χ2v) is 5.37. The van der Waals surface area contributed by atoms with Crippen LogP contribution in [0.25, 0.3) is 0 Å². The summed E-state index contributed by atoms with van der Waals surface area (Å²) in [7, 11) is 1.75. The number of carbonyl (C=O) groups is 1. The molecule has 20 heavy (non-hydrogen) atoms. The van der Waals surface area contributed by atoms with E-state index in [1.54, 1.807) is 23.9 Å². The molecule has 0 saturated carbocycles. The minimum absolute atomic E-state index is 0.221. The molecular formula is C13H20ClN3O3. The molecule has 1 saturated heterocycles. The number of nitrogens with one attached hydrogen (secondary N) is 1. The average Bonchev–Trinajstić information content (AvgIpc) is 2.76. The van der Waals surface area contributed by atoms with Crippen molar-refractivity contribution in [1.29, 1.82) is 0 Å². The van der Waals surface area contributed by atoms with Crippen LogP contribution in [-0.2, 0) is 11.8 Å². The van der Waals surface area contributed by atoms with Gasteiger partial charge in [-0.1, -0.05) is 11.6 Å². The third kappa shape index (κ3) is 4.21. The summed E-state index contributed by atoms with van der Waals surface area (Å²) in [5.41, 5.74) is 0.480. The third-order valence-corrected chi connectivity index (χ3v) is 3.48. The van der Waals surface area contributed by atoms with Gasteiger partial charge in [-0.2, -0.15) is 0 Å². The van der Waals surface area contributed by atoms with Gasteiger partial charge in [-0.15, -0.1) is 0 Å². The van der Waals surface area contributed by atoms with Crippen molar-refractivity contribution in [3.05, 3.63) is 23.0 Å². The van der Waals surface area contributed by atoms with E-state index >= 15 is 0 Å². The zero-order valence-electron chi connectivity index (χ0n) is 11.5. The topological polar surface area (TPSA) is 66.7 Å². The highest BCUT2D eigenvalue weighted by molar-refractivity contribution is 6.31. The molecule has 1 aromatic heterocycles. The van der Waals surface area contributed by atoms with E-state index in [9.17, 15) is 9.90 Å². The Labute approximate surface area is 123 Å². The molecule has 7 heteroatoms. The normalized spacial score (nSPS) is 17.9. The van der Waals surface area contributed by atoms with E-state index < -0.39 is 6.10 Å². The number of nitrogens with zero attached hydrogens (tertiary/aromatic N) is 2. The lowest BCUT2D eigenvalue weighted by Crippen LogP contribution is -2.44. The summed E-state index contributed by atoms with van der Waals surface area (Å²) in [4.78, 5) is 14.1. The highest BCUT2D eigenvalue weighted by atomic mass is 35.5. The number of ether oxygens (including phenoxy) is 1. The molecule has 1 amide bonds. The van der Waals surface area contributed by atoms with E-state index in [4.69, 9.17) is 16.3 Å². The molecule has 1 aliphatic rings. The van der Waals surface area contributed by atoms with E-state index in [1.165, 1.54) is 0 Å². The van der Waals surface area contributed by atoms with Crippen LogP contribution in [0, 0.1) is 0 Å². The lowest BCUT2D eigenvalue weighted by Gasteiger charge is -2.28. The number of aliphatic hydroxyl groups excluding tert-OH is 1. The van der Waals surface area contributed by atoms with Gasteiger partial charge in [0.25, 0.3) is 5.91 Å². The molecule has 1 aromatic rings. The van der Waals surface area contributed by atoms with Gasteiger partial charge < -0.3 is 19.7 Å². The Morgan fingerprint density at radius 1 is 1.55 bits per heavy atom. The SMILES string of the molecule is Cn1cc(Cl)cc1C(=O)NCC(O)CN1CCOCC1. The first-order valence-corrected chi connectivity index (χ1v) is 7.02. The van der Waals surface area contributed by atoms with E-state index in [0.29, 0.717) is 30.5 Å². The average molecular weight is 302 g/mol. The van der Waals surface area contributed by atoms with Crippen LogP contribution in [0.5, 0.6) is 0 Å². The highest BCUT2D eigenvalue weighted by Gasteiger charge is 2.17. The van der Waals surface area contributed by atoms with Gasteiger partial charge in [0.1, 0.15) is 5.69 Å². The summed E-state index contributed by atoms with van der Waals surface area (Å²) in [5, 5.41) is 13.2. The fourth-order valence-corrected chi connectivity index (χ4v) is 2.45. The van der Waals surface area contributed by atoms with Gasteiger partial charge in [-0.05, 0) is 6.07 Å². The number of aromatic nitrogens is 1. The van der Waals surface area contributed by atoms with Crippen molar-refractivity contribution in [2.75, 3.05) is 39.4 Å². The molecule has 1 atom stereocenters. The first kappa shape index (κ1) is 15.3. The summed E-state index contributed by atoms with van der Waals surface area (Å²) >= 11 is 5.83. The van der Waals surface area contributed by atoms with E-state index in [1.807, 2.05) is 0 Å². The first-order chi connectivity index (χ1) is 9.56. The standard InChI is InChI=1S/C13H20ClN3O3/c1-16-8-10(14)6-12(16)13(19)15-7-11(18)9-17-2-4-20-5-3-17/h6,8,11,18H,2-5,7,9H2,1H3,(H,15,19). The Morgan fingerprint density at radius 2 is 2.25 bits per heavy atom. The molecule has 112 valence electrons. The minimum atomic E-state index is -0.590. The van der Waals surface area contributed by atoms with Crippen molar-refractivity contribution in [3.63, 3.8) is 0 Å². The van der Waals surface area contributed by atoms with Crippen LogP contribution in [-0.4, -0.2) is 66.0 Å². The van der Waals surface area contributed by atoms with Gasteiger partial charge in [0.15, 0.2) is 0 Å². The van der Waals surface area contributed by atoms with Crippen molar-refractivity contribution in [1.82, 2.24) is 14.8 Å². The predicted molar refractivity (Wildman–Crippen MR) is 76.0 cm³/mol. The van der Waals surface area contributed by atoms with Crippen LogP contribution in [0.2, 0.25) is 5.02 Å². The Kier molecular flexibility index (Phi) is 5.42. The molecule has 0 aliphatic carbocycles. The molecule has 6 nitrogen and oxygen atoms in total. The fraction of sp³-hybridized carbons (Fsp3) is 0.615. The summed E-state index contributed by atoms with van der Waals surface area (Å²) in [6.07, 6.45) is 1.08. The van der Waals surface area contributed by atoms with E-state index in [0.717, 1.165) is 13.1 Å². The van der Waals surface area contributed by atoms with Gasteiger partial charge in [-0.25, -0.2) is 0 Å². The lowest BCUT2D eigenvalue weighted by molar-refractivity contribution is 0.0149. The first-order valence-electron chi connectivity index (χ1n) is 6.64. The maximum Gasteiger partial charge on any atom is 0.268 e. The molecule has 1 aliphatic heterocycles. The fourth-order valence-electron chi connectivity index (χ4n) is 2.20. The van der Waals surface area contributed by atoms with Crippen LogP contribution in [0.4, 0.5) is 0 Å². The van der Waals surface area contributed by atoms with Crippen LogP contribution >= 0.6 is 11.6 Å². The van der Waals surface area contributed by atoms with Crippen LogP contribution < -0.4 is 5.32 Å². The number of hydrogen-bond acceptors (Lipinski definition) is 4. The summed E-state index contributed by atoms with van der Waals surface area (Å²) in [6, 6.07) is 1.60. The number of rotatable bonds is 5. The van der Waals surface area contributed by atoms with Gasteiger partial charge in [0, 0.05) is 39.4 Å². The highest BCUT2D eigenvalue weighted by Crippen LogP contribution is 2.12. The van der Waals surface area contributed by atoms with E-state index in [-0.39, 0.29) is 12.5 Å². The zero-order valence-corrected chi connectivity index (χ0v) is 12.3. The number of morpholine rings is 1. The molecule has 2 N–H and O–H groups in total. The maximum atomic E-state index is 11.9. The number of aryl methyl sites for hydroxylation is 1. The maximum absolute atomic E-state index is 11.9. The Morgan fingerprint density at radius 3 is 2.85 bits per heavy atom. The summed E-state index contributed by atoms with van der Waals surface area (Å²) in [6.45, 7) is 3.79. The molecule has 0 aromatic carbocycles. The molecule has 0 spiro atoms. The lowest BCUT2D eigenvalue weighted by atomic mass is 10.3. The predicted octanol–water partition coefficient (Wildman–Crippen LogP) is 0.101. The number of aliphatic hydroxyl groups is 1. The second kappa shape index (κ2) is 7.08. The number of amides is 1. The van der Waals surface area contributed by atoms with Crippen molar-refractivity contribution in [2.24, 2.45) is 7.05 Å². The van der Waals surface area contributed by atoms with Crippen LogP contribution in [0.1, 0.15) is 10.5 Å². The number of hydrogen-bond donors (Lipinski definition) is 2. The van der Waals surface area contributed by atoms with Crippen molar-refractivity contribution < 1.29 is 14.6 Å². The van der Waals surface area contributed by atoms with Crippen molar-refractivity contribution >= 4 is 17.5 Å². The van der Waals surface area contributed by atoms with Crippen molar-refractivity contribution in [2.45, 2.75) is 6.10 Å². The van der Waals surface area contributed by atoms with E-state index in [2.05, 4.69) is 10.2 Å². The van der Waals surface area contributed by atoms with Crippen LogP contribution in [0.15, 0.2) is 12.3 Å². The Bertz CT molecular complexity index is 458. The van der Waals surface area contributed by atoms with Gasteiger partial charge in [-0.3, -0.25) is 9.69 Å². The number of halogens is 1. The number of β-amino-alcohol motifs (C(OH)–C–C–N with tert-alkyl or cyclic N) is 1. The Hall–Kier alpha value is -1.08. The molecule has 2 heterocycles. The molecule has 0 radical (unpaired) electrons. The smallest absolute Gasteiger partial charge is 0.268 e.